The van der Waals surface area contributed by atoms with Crippen LogP contribution in [0.25, 0.3) is 11.3 Å². The molecule has 0 radical (unpaired) electrons. The topological polar surface area (TPSA) is 70.6 Å². The van der Waals surface area contributed by atoms with E-state index in [1.165, 1.54) is 0 Å². The van der Waals surface area contributed by atoms with E-state index in [2.05, 4.69) is 32.4 Å². The summed E-state index contributed by atoms with van der Waals surface area (Å²) in [6, 6.07) is 16.8. The molecule has 166 valence electrons. The molecule has 1 saturated heterocycles. The van der Waals surface area contributed by atoms with Crippen molar-refractivity contribution in [1.82, 2.24) is 15.1 Å². The molecule has 4 rings (SSSR count). The summed E-state index contributed by atoms with van der Waals surface area (Å²) in [4.78, 5) is 16.8. The summed E-state index contributed by atoms with van der Waals surface area (Å²) in [5, 5.41) is 12.3. The van der Waals surface area contributed by atoms with E-state index >= 15 is 0 Å². The first-order chi connectivity index (χ1) is 15.5. The van der Waals surface area contributed by atoms with E-state index in [-0.39, 0.29) is 12.5 Å². The van der Waals surface area contributed by atoms with Crippen LogP contribution in [0.3, 0.4) is 0 Å². The number of aromatic nitrogens is 2. The van der Waals surface area contributed by atoms with Crippen LogP contribution >= 0.6 is 11.6 Å². The fourth-order valence-electron chi connectivity index (χ4n) is 3.46. The molecule has 2 heterocycles. The van der Waals surface area contributed by atoms with Crippen molar-refractivity contribution >= 4 is 29.0 Å². The minimum absolute atomic E-state index is 0.0813. The lowest BCUT2D eigenvalue weighted by Crippen LogP contribution is -2.44. The van der Waals surface area contributed by atoms with E-state index in [1.807, 2.05) is 43.3 Å². The summed E-state index contributed by atoms with van der Waals surface area (Å²) < 4.78 is 5.54. The van der Waals surface area contributed by atoms with Gasteiger partial charge in [-0.05, 0) is 62.0 Å². The standard InChI is InChI=1S/C24H26ClN5O2/c1-17-15-20(7-8-21(17)25)32-16-24(31)26-19-5-3-18(4-6-19)22-9-10-23(28-27-22)30-13-11-29(2)12-14-30/h3-10,15H,11-14,16H2,1-2H3,(H,26,31). The minimum Gasteiger partial charge on any atom is -0.484 e. The number of hydrogen-bond donors (Lipinski definition) is 1. The first-order valence-corrected chi connectivity index (χ1v) is 10.9. The predicted octanol–water partition coefficient (Wildman–Crippen LogP) is 3.87. The van der Waals surface area contributed by atoms with Crippen LogP contribution in [0.15, 0.2) is 54.6 Å². The van der Waals surface area contributed by atoms with E-state index < -0.39 is 0 Å². The molecule has 32 heavy (non-hydrogen) atoms. The fourth-order valence-corrected chi connectivity index (χ4v) is 3.58. The van der Waals surface area contributed by atoms with Gasteiger partial charge in [0.05, 0.1) is 5.69 Å². The van der Waals surface area contributed by atoms with Crippen molar-refractivity contribution in [3.8, 4) is 17.0 Å². The van der Waals surface area contributed by atoms with Crippen LogP contribution in [-0.2, 0) is 4.79 Å². The zero-order chi connectivity index (χ0) is 22.5. The molecule has 2 aromatic carbocycles. The summed E-state index contributed by atoms with van der Waals surface area (Å²) in [6.45, 7) is 5.78. The molecule has 3 aromatic rings. The summed E-state index contributed by atoms with van der Waals surface area (Å²) in [7, 11) is 2.13. The van der Waals surface area contributed by atoms with Crippen molar-refractivity contribution in [2.45, 2.75) is 6.92 Å². The Hall–Kier alpha value is -3.16. The normalized spacial score (nSPS) is 14.3. The van der Waals surface area contributed by atoms with Gasteiger partial charge in [-0.1, -0.05) is 23.7 Å². The van der Waals surface area contributed by atoms with Crippen LogP contribution in [0.5, 0.6) is 5.75 Å². The summed E-state index contributed by atoms with van der Waals surface area (Å²) >= 11 is 6.01. The van der Waals surface area contributed by atoms with Gasteiger partial charge >= 0.3 is 0 Å². The highest BCUT2D eigenvalue weighted by Gasteiger charge is 2.15. The average Bonchev–Trinajstić information content (AvgIpc) is 2.81. The number of nitrogens with zero attached hydrogens (tertiary/aromatic N) is 4. The highest BCUT2D eigenvalue weighted by Crippen LogP contribution is 2.22. The van der Waals surface area contributed by atoms with Crippen molar-refractivity contribution in [3.63, 3.8) is 0 Å². The number of piperazine rings is 1. The van der Waals surface area contributed by atoms with Gasteiger partial charge in [-0.25, -0.2) is 0 Å². The van der Waals surface area contributed by atoms with Crippen LogP contribution in [0.2, 0.25) is 5.02 Å². The number of nitrogens with one attached hydrogen (secondary N) is 1. The zero-order valence-corrected chi connectivity index (χ0v) is 19.0. The van der Waals surface area contributed by atoms with Crippen LogP contribution < -0.4 is 15.0 Å². The zero-order valence-electron chi connectivity index (χ0n) is 18.2. The van der Waals surface area contributed by atoms with Crippen molar-refractivity contribution in [2.24, 2.45) is 0 Å². The molecule has 1 fully saturated rings. The number of halogens is 1. The first kappa shape index (κ1) is 22.0. The number of likely N-dealkylation sites (N-methyl/N-ethyl adjacent to an activating group) is 1. The first-order valence-electron chi connectivity index (χ1n) is 10.5. The summed E-state index contributed by atoms with van der Waals surface area (Å²) in [5.74, 6) is 1.28. The molecule has 0 aliphatic carbocycles. The lowest BCUT2D eigenvalue weighted by atomic mass is 10.1. The van der Waals surface area contributed by atoms with Gasteiger partial charge in [0, 0.05) is 42.5 Å². The summed E-state index contributed by atoms with van der Waals surface area (Å²) in [5.41, 5.74) is 3.33. The van der Waals surface area contributed by atoms with E-state index in [0.717, 1.165) is 48.8 Å². The van der Waals surface area contributed by atoms with E-state index in [0.29, 0.717) is 16.5 Å². The summed E-state index contributed by atoms with van der Waals surface area (Å²) in [6.07, 6.45) is 0. The quantitative estimate of drug-likeness (QED) is 0.613. The van der Waals surface area contributed by atoms with Crippen molar-refractivity contribution in [1.29, 1.82) is 0 Å². The van der Waals surface area contributed by atoms with Crippen LogP contribution in [0.4, 0.5) is 11.5 Å². The molecule has 1 N–H and O–H groups in total. The number of ether oxygens (including phenoxy) is 1. The van der Waals surface area contributed by atoms with Gasteiger partial charge in [-0.3, -0.25) is 4.79 Å². The molecule has 1 aliphatic rings. The lowest BCUT2D eigenvalue weighted by Gasteiger charge is -2.32. The smallest absolute Gasteiger partial charge is 0.262 e. The maximum absolute atomic E-state index is 12.2. The Morgan fingerprint density at radius 3 is 2.44 bits per heavy atom. The van der Waals surface area contributed by atoms with E-state index in [4.69, 9.17) is 16.3 Å². The van der Waals surface area contributed by atoms with E-state index in [9.17, 15) is 4.79 Å². The third kappa shape index (κ3) is 5.55. The molecule has 0 saturated carbocycles. The predicted molar refractivity (Wildman–Crippen MR) is 127 cm³/mol. The van der Waals surface area contributed by atoms with Crippen molar-refractivity contribution in [3.05, 3.63) is 65.2 Å². The average molecular weight is 452 g/mol. The number of carbonyl (C=O) groups excluding carboxylic acids is 1. The van der Waals surface area contributed by atoms with Gasteiger partial charge in [0.15, 0.2) is 12.4 Å². The monoisotopic (exact) mass is 451 g/mol. The second kappa shape index (κ2) is 9.97. The van der Waals surface area contributed by atoms with Gasteiger partial charge in [0.1, 0.15) is 5.75 Å². The number of hydrogen-bond acceptors (Lipinski definition) is 6. The Kier molecular flexibility index (Phi) is 6.87. The minimum atomic E-state index is -0.235. The number of benzene rings is 2. The SMILES string of the molecule is Cc1cc(OCC(=O)Nc2ccc(-c3ccc(N4CCN(C)CC4)nn3)cc2)ccc1Cl. The molecule has 1 aliphatic heterocycles. The molecule has 7 nitrogen and oxygen atoms in total. The third-order valence-electron chi connectivity index (χ3n) is 5.44. The Balaban J connectivity index is 1.31. The van der Waals surface area contributed by atoms with Crippen molar-refractivity contribution in [2.75, 3.05) is 50.1 Å². The molecule has 1 amide bonds. The highest BCUT2D eigenvalue weighted by molar-refractivity contribution is 6.31. The molecule has 1 aromatic heterocycles. The maximum Gasteiger partial charge on any atom is 0.262 e. The van der Waals surface area contributed by atoms with Crippen molar-refractivity contribution < 1.29 is 9.53 Å². The van der Waals surface area contributed by atoms with Gasteiger partial charge in [-0.2, -0.15) is 0 Å². The van der Waals surface area contributed by atoms with Gasteiger partial charge in [-0.15, -0.1) is 10.2 Å². The second-order valence-corrected chi connectivity index (χ2v) is 8.30. The fraction of sp³-hybridized carbons (Fsp3) is 0.292. The molecule has 0 unspecified atom stereocenters. The number of rotatable bonds is 6. The third-order valence-corrected chi connectivity index (χ3v) is 5.87. The van der Waals surface area contributed by atoms with Crippen LogP contribution in [0.1, 0.15) is 5.56 Å². The molecular weight excluding hydrogens is 426 g/mol. The maximum atomic E-state index is 12.2. The lowest BCUT2D eigenvalue weighted by molar-refractivity contribution is -0.118. The number of aryl methyl sites for hydroxylation is 1. The number of carbonyl (C=O) groups is 1. The molecule has 0 bridgehead atoms. The van der Waals surface area contributed by atoms with Gasteiger partial charge in [0.25, 0.3) is 5.91 Å². The van der Waals surface area contributed by atoms with Crippen LogP contribution in [0, 0.1) is 6.92 Å². The van der Waals surface area contributed by atoms with E-state index in [1.54, 1.807) is 18.2 Å². The molecule has 0 spiro atoms. The Labute approximate surface area is 193 Å². The molecular formula is C24H26ClN5O2. The number of anilines is 2. The van der Waals surface area contributed by atoms with Gasteiger partial charge < -0.3 is 19.9 Å². The highest BCUT2D eigenvalue weighted by atomic mass is 35.5. The van der Waals surface area contributed by atoms with Gasteiger partial charge in [0.2, 0.25) is 0 Å². The number of amides is 1. The second-order valence-electron chi connectivity index (χ2n) is 7.89. The molecule has 0 atom stereocenters. The largest absolute Gasteiger partial charge is 0.484 e. The Bertz CT molecular complexity index is 1060. The Morgan fingerprint density at radius 1 is 1.03 bits per heavy atom. The van der Waals surface area contributed by atoms with Crippen LogP contribution in [-0.4, -0.2) is 60.8 Å². The Morgan fingerprint density at radius 2 is 1.78 bits per heavy atom. The molecule has 8 heteroatoms.